The maximum Gasteiger partial charge on any atom is 0.0598 e. The van der Waals surface area contributed by atoms with Gasteiger partial charge >= 0.3 is 0 Å². The Morgan fingerprint density at radius 2 is 2.50 bits per heavy atom. The van der Waals surface area contributed by atoms with E-state index >= 15 is 0 Å². The fourth-order valence-electron chi connectivity index (χ4n) is 0.663. The van der Waals surface area contributed by atoms with Crippen LogP contribution in [0, 0.1) is 0 Å². The summed E-state index contributed by atoms with van der Waals surface area (Å²) < 4.78 is 1.45. The van der Waals surface area contributed by atoms with Crippen LogP contribution in [-0.2, 0) is 0 Å². The number of hydrogen-bond donors (Lipinski definition) is 0. The van der Waals surface area contributed by atoms with Gasteiger partial charge in [-0.25, -0.2) is 0 Å². The fraction of sp³-hybridized carbons (Fsp3) is 0.500. The van der Waals surface area contributed by atoms with Crippen molar-refractivity contribution < 1.29 is 0 Å². The van der Waals surface area contributed by atoms with Gasteiger partial charge < -0.3 is 0 Å². The highest BCUT2D eigenvalue weighted by atomic mass is 32.2. The number of unbranched alkanes of at least 4 members (excludes halogenated alkanes) is 1. The van der Waals surface area contributed by atoms with Crippen LogP contribution in [-0.4, -0.2) is 5.75 Å². The molecule has 0 bridgehead atoms. The molecule has 0 spiro atoms. The first-order valence-corrected chi connectivity index (χ1v) is 5.46. The average Bonchev–Trinajstić information content (AvgIpc) is 2.41. The van der Waals surface area contributed by atoms with Crippen molar-refractivity contribution in [3.63, 3.8) is 0 Å². The Morgan fingerprint density at radius 3 is 3.10 bits per heavy atom. The maximum atomic E-state index is 2.23. The third kappa shape index (κ3) is 2.76. The number of rotatable bonds is 4. The zero-order valence-electron chi connectivity index (χ0n) is 6.17. The smallest absolute Gasteiger partial charge is 0.0598 e. The first kappa shape index (κ1) is 8.15. The lowest BCUT2D eigenvalue weighted by molar-refractivity contribution is 0.896. The van der Waals surface area contributed by atoms with Crippen LogP contribution >= 0.6 is 23.1 Å². The third-order valence-corrected chi connectivity index (χ3v) is 3.45. The first-order valence-electron chi connectivity index (χ1n) is 3.60. The van der Waals surface area contributed by atoms with Gasteiger partial charge in [0.1, 0.15) is 0 Å². The molecular formula is C8H12S2. The predicted molar refractivity (Wildman–Crippen MR) is 50.0 cm³/mol. The quantitative estimate of drug-likeness (QED) is 0.493. The molecule has 0 radical (unpaired) electrons. The van der Waals surface area contributed by atoms with Crippen molar-refractivity contribution in [1.29, 1.82) is 0 Å². The second-order valence-corrected chi connectivity index (χ2v) is 4.48. The van der Waals surface area contributed by atoms with E-state index in [2.05, 4.69) is 24.4 Å². The molecule has 0 aromatic carbocycles. The molecule has 0 aliphatic rings. The van der Waals surface area contributed by atoms with Crippen LogP contribution in [0.15, 0.2) is 21.7 Å². The van der Waals surface area contributed by atoms with E-state index in [1.54, 1.807) is 0 Å². The van der Waals surface area contributed by atoms with Crippen LogP contribution in [0.1, 0.15) is 19.8 Å². The summed E-state index contributed by atoms with van der Waals surface area (Å²) >= 11 is 3.81. The lowest BCUT2D eigenvalue weighted by Gasteiger charge is -1.93. The second kappa shape index (κ2) is 4.80. The molecule has 1 rings (SSSR count). The molecule has 0 saturated carbocycles. The molecule has 1 aromatic rings. The van der Waals surface area contributed by atoms with Gasteiger partial charge in [0.25, 0.3) is 0 Å². The molecule has 0 aliphatic heterocycles. The number of thiophene rings is 1. The van der Waals surface area contributed by atoms with Gasteiger partial charge in [0.2, 0.25) is 0 Å². The molecule has 2 heteroatoms. The predicted octanol–water partition coefficient (Wildman–Crippen LogP) is 3.64. The van der Waals surface area contributed by atoms with E-state index in [4.69, 9.17) is 0 Å². The normalized spacial score (nSPS) is 10.1. The standard InChI is InChI=1S/C8H12S2/c1-2-3-6-9-8-5-4-7-10-8/h4-5,7H,2-3,6H2,1H3. The lowest BCUT2D eigenvalue weighted by atomic mass is 10.4. The van der Waals surface area contributed by atoms with Crippen LogP contribution in [0.2, 0.25) is 0 Å². The second-order valence-electron chi connectivity index (χ2n) is 2.13. The minimum Gasteiger partial charge on any atom is -0.137 e. The Labute approximate surface area is 70.7 Å². The third-order valence-electron chi connectivity index (χ3n) is 1.24. The highest BCUT2D eigenvalue weighted by Crippen LogP contribution is 2.23. The zero-order valence-corrected chi connectivity index (χ0v) is 7.80. The minimum atomic E-state index is 1.27. The molecule has 0 fully saturated rings. The van der Waals surface area contributed by atoms with E-state index < -0.39 is 0 Å². The maximum absolute atomic E-state index is 2.23. The van der Waals surface area contributed by atoms with Gasteiger partial charge in [-0.05, 0) is 23.6 Å². The average molecular weight is 172 g/mol. The molecule has 0 amide bonds. The Morgan fingerprint density at radius 1 is 1.60 bits per heavy atom. The van der Waals surface area contributed by atoms with Crippen molar-refractivity contribution in [3.05, 3.63) is 17.5 Å². The Bertz CT molecular complexity index is 156. The molecule has 1 aromatic heterocycles. The van der Waals surface area contributed by atoms with Gasteiger partial charge in [0, 0.05) is 0 Å². The molecule has 0 saturated heterocycles. The van der Waals surface area contributed by atoms with E-state index in [1.807, 2.05) is 23.1 Å². The van der Waals surface area contributed by atoms with E-state index in [9.17, 15) is 0 Å². The number of thioether (sulfide) groups is 1. The summed E-state index contributed by atoms with van der Waals surface area (Å²) in [6, 6.07) is 4.30. The fourth-order valence-corrected chi connectivity index (χ4v) is 2.61. The Balaban J connectivity index is 2.15. The van der Waals surface area contributed by atoms with Gasteiger partial charge in [-0.15, -0.1) is 23.1 Å². The van der Waals surface area contributed by atoms with Gasteiger partial charge in [-0.2, -0.15) is 0 Å². The van der Waals surface area contributed by atoms with Gasteiger partial charge in [0.15, 0.2) is 0 Å². The highest BCUT2D eigenvalue weighted by Gasteiger charge is 1.91. The highest BCUT2D eigenvalue weighted by molar-refractivity contribution is 8.01. The molecule has 0 aliphatic carbocycles. The lowest BCUT2D eigenvalue weighted by Crippen LogP contribution is -1.73. The Hall–Kier alpha value is 0.0500. The van der Waals surface area contributed by atoms with Crippen molar-refractivity contribution in [1.82, 2.24) is 0 Å². The largest absolute Gasteiger partial charge is 0.137 e. The van der Waals surface area contributed by atoms with Crippen molar-refractivity contribution in [2.75, 3.05) is 5.75 Å². The summed E-state index contributed by atoms with van der Waals surface area (Å²) in [7, 11) is 0. The van der Waals surface area contributed by atoms with Gasteiger partial charge in [-0.1, -0.05) is 19.4 Å². The molecule has 10 heavy (non-hydrogen) atoms. The van der Waals surface area contributed by atoms with Crippen LogP contribution in [0.4, 0.5) is 0 Å². The van der Waals surface area contributed by atoms with Gasteiger partial charge in [0.05, 0.1) is 4.21 Å². The van der Waals surface area contributed by atoms with Crippen molar-refractivity contribution >= 4 is 23.1 Å². The van der Waals surface area contributed by atoms with Crippen LogP contribution < -0.4 is 0 Å². The van der Waals surface area contributed by atoms with E-state index in [0.29, 0.717) is 0 Å². The molecule has 0 nitrogen and oxygen atoms in total. The molecule has 0 N–H and O–H groups in total. The SMILES string of the molecule is CCCCSc1cccs1. The first-order chi connectivity index (χ1) is 4.93. The minimum absolute atomic E-state index is 1.27. The summed E-state index contributed by atoms with van der Waals surface area (Å²) in [5, 5.41) is 2.13. The molecular weight excluding hydrogens is 160 g/mol. The molecule has 1 heterocycles. The topological polar surface area (TPSA) is 0 Å². The van der Waals surface area contributed by atoms with E-state index in [-0.39, 0.29) is 0 Å². The molecule has 0 atom stereocenters. The summed E-state index contributed by atoms with van der Waals surface area (Å²) in [4.78, 5) is 0. The van der Waals surface area contributed by atoms with Crippen molar-refractivity contribution in [2.24, 2.45) is 0 Å². The van der Waals surface area contributed by atoms with Gasteiger partial charge in [-0.3, -0.25) is 0 Å². The number of hydrogen-bond acceptors (Lipinski definition) is 2. The summed E-state index contributed by atoms with van der Waals surface area (Å²) in [5.41, 5.74) is 0. The molecule has 0 unspecified atom stereocenters. The van der Waals surface area contributed by atoms with E-state index in [1.165, 1.54) is 22.8 Å². The van der Waals surface area contributed by atoms with Crippen molar-refractivity contribution in [3.8, 4) is 0 Å². The van der Waals surface area contributed by atoms with Crippen LogP contribution in [0.5, 0.6) is 0 Å². The summed E-state index contributed by atoms with van der Waals surface area (Å²) in [6.45, 7) is 2.23. The zero-order chi connectivity index (χ0) is 7.23. The van der Waals surface area contributed by atoms with Crippen molar-refractivity contribution in [2.45, 2.75) is 24.0 Å². The van der Waals surface area contributed by atoms with Crippen LogP contribution in [0.3, 0.4) is 0 Å². The Kier molecular flexibility index (Phi) is 3.91. The molecule has 56 valence electrons. The monoisotopic (exact) mass is 172 g/mol. The summed E-state index contributed by atoms with van der Waals surface area (Å²) in [5.74, 6) is 1.27. The van der Waals surface area contributed by atoms with Crippen LogP contribution in [0.25, 0.3) is 0 Å². The van der Waals surface area contributed by atoms with E-state index in [0.717, 1.165) is 0 Å². The summed E-state index contributed by atoms with van der Waals surface area (Å²) in [6.07, 6.45) is 2.64.